The Kier molecular flexibility index (Phi) is 3.66. The molecule has 3 heterocycles. The van der Waals surface area contributed by atoms with E-state index in [0.717, 1.165) is 0 Å². The van der Waals surface area contributed by atoms with Gasteiger partial charge in [0.05, 0.1) is 16.1 Å². The smallest absolute Gasteiger partial charge is 0.359 e. The average Bonchev–Trinajstić information content (AvgIpc) is 3.45. The standard InChI is InChI=1S/C30H19BN2S/c1-4-14-24-20(10-1)21-11-2-5-15-25(21)32-26-16-6-7-17-27(26)33(31(24)32)28-18-9-13-23-22-12-3-8-19-29(22)34-30(23)28/h1-19H. The van der Waals surface area contributed by atoms with Gasteiger partial charge in [-0.15, -0.1) is 11.3 Å². The van der Waals surface area contributed by atoms with Gasteiger partial charge in [-0.3, -0.25) is 0 Å². The number of nitrogens with zero attached hydrogens (tertiary/aromatic N) is 2. The Morgan fingerprint density at radius 3 is 1.91 bits per heavy atom. The van der Waals surface area contributed by atoms with Crippen LogP contribution >= 0.6 is 11.3 Å². The van der Waals surface area contributed by atoms with Crippen LogP contribution in [-0.2, 0) is 0 Å². The lowest BCUT2D eigenvalue weighted by atomic mass is 9.59. The van der Waals surface area contributed by atoms with Gasteiger partial charge in [0.1, 0.15) is 0 Å². The second-order valence-electron chi connectivity index (χ2n) is 8.96. The van der Waals surface area contributed by atoms with Crippen LogP contribution in [0.1, 0.15) is 0 Å². The lowest BCUT2D eigenvalue weighted by molar-refractivity contribution is 1.38. The van der Waals surface area contributed by atoms with Gasteiger partial charge in [-0.25, -0.2) is 0 Å². The van der Waals surface area contributed by atoms with Crippen LogP contribution in [0.5, 0.6) is 0 Å². The zero-order valence-corrected chi connectivity index (χ0v) is 19.2. The quantitative estimate of drug-likeness (QED) is 0.237. The van der Waals surface area contributed by atoms with Crippen LogP contribution in [0.15, 0.2) is 115 Å². The van der Waals surface area contributed by atoms with Crippen molar-refractivity contribution in [2.45, 2.75) is 0 Å². The van der Waals surface area contributed by atoms with Crippen LogP contribution in [0.4, 0.5) is 22.7 Å². The van der Waals surface area contributed by atoms with E-state index in [1.807, 2.05) is 11.3 Å². The Hall–Kier alpha value is -4.02. The van der Waals surface area contributed by atoms with Crippen molar-refractivity contribution in [1.82, 2.24) is 0 Å². The Labute approximate surface area is 202 Å². The maximum Gasteiger partial charge on any atom is 0.421 e. The summed E-state index contributed by atoms with van der Waals surface area (Å²) in [6, 6.07) is 42.1. The predicted molar refractivity (Wildman–Crippen MR) is 147 cm³/mol. The molecular weight excluding hydrogens is 431 g/mol. The first-order chi connectivity index (χ1) is 16.9. The van der Waals surface area contributed by atoms with Crippen molar-refractivity contribution in [2.24, 2.45) is 0 Å². The second-order valence-corrected chi connectivity index (χ2v) is 10.0. The molecule has 4 heteroatoms. The third-order valence-electron chi connectivity index (χ3n) is 7.23. The number of para-hydroxylation sites is 3. The lowest BCUT2D eigenvalue weighted by Crippen LogP contribution is -2.55. The van der Waals surface area contributed by atoms with Crippen LogP contribution in [-0.4, -0.2) is 6.98 Å². The molecule has 0 N–H and O–H groups in total. The van der Waals surface area contributed by atoms with Gasteiger partial charge >= 0.3 is 6.98 Å². The molecule has 0 amide bonds. The number of hydrogen-bond donors (Lipinski definition) is 0. The maximum atomic E-state index is 2.56. The van der Waals surface area contributed by atoms with Gasteiger partial charge in [-0.05, 0) is 41.4 Å². The Morgan fingerprint density at radius 2 is 1.06 bits per heavy atom. The first-order valence-electron chi connectivity index (χ1n) is 11.7. The molecule has 2 aliphatic rings. The van der Waals surface area contributed by atoms with Gasteiger partial charge < -0.3 is 9.62 Å². The van der Waals surface area contributed by atoms with E-state index in [-0.39, 0.29) is 6.98 Å². The summed E-state index contributed by atoms with van der Waals surface area (Å²) in [6.45, 7) is 0.0688. The molecule has 0 saturated heterocycles. The molecule has 5 aromatic carbocycles. The van der Waals surface area contributed by atoms with Crippen molar-refractivity contribution < 1.29 is 0 Å². The zero-order valence-electron chi connectivity index (χ0n) is 18.3. The molecule has 0 fully saturated rings. The molecule has 0 spiro atoms. The molecular formula is C30H19BN2S. The van der Waals surface area contributed by atoms with Crippen LogP contribution in [0.2, 0.25) is 0 Å². The highest BCUT2D eigenvalue weighted by Gasteiger charge is 2.47. The molecule has 0 atom stereocenters. The predicted octanol–water partition coefficient (Wildman–Crippen LogP) is 7.72. The number of anilines is 4. The molecule has 2 aliphatic heterocycles. The first kappa shape index (κ1) is 18.4. The van der Waals surface area contributed by atoms with E-state index in [4.69, 9.17) is 0 Å². The summed E-state index contributed by atoms with van der Waals surface area (Å²) in [5.41, 5.74) is 9.01. The molecule has 34 heavy (non-hydrogen) atoms. The van der Waals surface area contributed by atoms with Crippen molar-refractivity contribution in [3.8, 4) is 11.1 Å². The van der Waals surface area contributed by atoms with Gasteiger partial charge in [0.15, 0.2) is 0 Å². The highest BCUT2D eigenvalue weighted by molar-refractivity contribution is 7.26. The number of rotatable bonds is 1. The molecule has 0 bridgehead atoms. The van der Waals surface area contributed by atoms with E-state index >= 15 is 0 Å². The molecule has 1 aromatic heterocycles. The molecule has 0 aliphatic carbocycles. The topological polar surface area (TPSA) is 6.48 Å². The summed E-state index contributed by atoms with van der Waals surface area (Å²) < 4.78 is 2.68. The van der Waals surface area contributed by atoms with E-state index in [0.29, 0.717) is 0 Å². The number of benzene rings is 5. The number of thiophene rings is 1. The maximum absolute atomic E-state index is 2.56. The molecule has 8 rings (SSSR count). The van der Waals surface area contributed by atoms with Crippen LogP contribution in [0.3, 0.4) is 0 Å². The summed E-state index contributed by atoms with van der Waals surface area (Å²) in [5.74, 6) is 0. The van der Waals surface area contributed by atoms with E-state index in [1.54, 1.807) is 0 Å². The largest absolute Gasteiger partial charge is 0.421 e. The monoisotopic (exact) mass is 450 g/mol. The van der Waals surface area contributed by atoms with E-state index in [1.165, 1.54) is 59.5 Å². The highest BCUT2D eigenvalue weighted by atomic mass is 32.1. The van der Waals surface area contributed by atoms with Gasteiger partial charge in [-0.2, -0.15) is 0 Å². The van der Waals surface area contributed by atoms with Crippen molar-refractivity contribution in [3.63, 3.8) is 0 Å². The normalized spacial score (nSPS) is 13.7. The zero-order chi connectivity index (χ0) is 22.2. The molecule has 0 saturated carbocycles. The minimum atomic E-state index is 0.0688. The van der Waals surface area contributed by atoms with E-state index in [2.05, 4.69) is 125 Å². The molecule has 0 unspecified atom stereocenters. The Bertz CT molecular complexity index is 1750. The van der Waals surface area contributed by atoms with Crippen LogP contribution in [0, 0.1) is 0 Å². The summed E-state index contributed by atoms with van der Waals surface area (Å²) in [5, 5.41) is 2.67. The number of fused-ring (bicyclic) bond motifs is 11. The Balaban J connectivity index is 1.47. The van der Waals surface area contributed by atoms with E-state index in [9.17, 15) is 0 Å². The Morgan fingerprint density at radius 1 is 0.471 bits per heavy atom. The minimum absolute atomic E-state index is 0.0688. The van der Waals surface area contributed by atoms with Gasteiger partial charge in [0.25, 0.3) is 0 Å². The van der Waals surface area contributed by atoms with Gasteiger partial charge in [0.2, 0.25) is 0 Å². The van der Waals surface area contributed by atoms with Gasteiger partial charge in [0, 0.05) is 32.4 Å². The fraction of sp³-hybridized carbons (Fsp3) is 0. The van der Waals surface area contributed by atoms with Crippen LogP contribution in [0.25, 0.3) is 31.3 Å². The fourth-order valence-electron chi connectivity index (χ4n) is 5.85. The van der Waals surface area contributed by atoms with Crippen molar-refractivity contribution in [3.05, 3.63) is 115 Å². The summed E-state index contributed by atoms with van der Waals surface area (Å²) in [6.07, 6.45) is 0. The highest BCUT2D eigenvalue weighted by Crippen LogP contribution is 2.52. The third kappa shape index (κ3) is 2.31. The first-order valence-corrected chi connectivity index (χ1v) is 12.5. The van der Waals surface area contributed by atoms with Crippen molar-refractivity contribution in [2.75, 3.05) is 9.62 Å². The molecule has 6 aromatic rings. The SMILES string of the molecule is c1ccc2c(c1)B1N(c3ccccc3-2)c2ccccc2N1c1cccc2c1sc1ccccc12. The summed E-state index contributed by atoms with van der Waals surface area (Å²) >= 11 is 1.90. The summed E-state index contributed by atoms with van der Waals surface area (Å²) in [7, 11) is 0. The fourth-order valence-corrected chi connectivity index (χ4v) is 7.07. The van der Waals surface area contributed by atoms with Crippen molar-refractivity contribution in [1.29, 1.82) is 0 Å². The average molecular weight is 450 g/mol. The van der Waals surface area contributed by atoms with E-state index < -0.39 is 0 Å². The lowest BCUT2D eigenvalue weighted by Gasteiger charge is -2.36. The molecule has 0 radical (unpaired) electrons. The molecule has 158 valence electrons. The second kappa shape index (κ2) is 6.75. The third-order valence-corrected chi connectivity index (χ3v) is 8.43. The van der Waals surface area contributed by atoms with Gasteiger partial charge in [-0.1, -0.05) is 84.9 Å². The van der Waals surface area contributed by atoms with Crippen molar-refractivity contribution >= 4 is 66.7 Å². The minimum Gasteiger partial charge on any atom is -0.359 e. The number of hydrogen-bond acceptors (Lipinski definition) is 3. The van der Waals surface area contributed by atoms with Crippen LogP contribution < -0.4 is 15.1 Å². The molecule has 2 nitrogen and oxygen atoms in total. The summed E-state index contributed by atoms with van der Waals surface area (Å²) in [4.78, 5) is 5.08.